The van der Waals surface area contributed by atoms with Gasteiger partial charge in [0, 0.05) is 32.7 Å². The van der Waals surface area contributed by atoms with Crippen LogP contribution in [0.15, 0.2) is 24.3 Å². The molecule has 1 N–H and O–H groups in total. The predicted octanol–water partition coefficient (Wildman–Crippen LogP) is 3.39. The van der Waals surface area contributed by atoms with E-state index in [1.165, 1.54) is 44.3 Å². The molecule has 1 aliphatic heterocycles. The molecule has 110 valence electrons. The summed E-state index contributed by atoms with van der Waals surface area (Å²) in [7, 11) is 0. The van der Waals surface area contributed by atoms with Crippen molar-refractivity contribution >= 4 is 0 Å². The molecule has 2 nitrogen and oxygen atoms in total. The molecule has 1 aliphatic carbocycles. The summed E-state index contributed by atoms with van der Waals surface area (Å²) < 4.78 is 0. The van der Waals surface area contributed by atoms with Gasteiger partial charge in [-0.2, -0.15) is 0 Å². The number of nitrogens with one attached hydrogen (secondary N) is 1. The maximum Gasteiger partial charge on any atom is 0.0234 e. The van der Waals surface area contributed by atoms with Crippen LogP contribution >= 0.6 is 0 Å². The standard InChI is InChI=1S/C18H28N2/c1-15-2-6-17(7-3-15)18-8-4-16(5-9-18)14-20-12-10-19-11-13-20/h4-5,8-9,15,17,19H,2-3,6-7,10-14H2,1H3. The van der Waals surface area contributed by atoms with Crippen LogP contribution < -0.4 is 5.32 Å². The van der Waals surface area contributed by atoms with E-state index in [0.717, 1.165) is 31.5 Å². The molecule has 1 saturated carbocycles. The number of benzene rings is 1. The number of piperazine rings is 1. The zero-order chi connectivity index (χ0) is 13.8. The Hall–Kier alpha value is -0.860. The second kappa shape index (κ2) is 6.73. The normalized spacial score (nSPS) is 28.4. The van der Waals surface area contributed by atoms with Gasteiger partial charge in [0.25, 0.3) is 0 Å². The van der Waals surface area contributed by atoms with Crippen LogP contribution in [0.3, 0.4) is 0 Å². The van der Waals surface area contributed by atoms with E-state index in [-0.39, 0.29) is 0 Å². The highest BCUT2D eigenvalue weighted by atomic mass is 15.2. The Balaban J connectivity index is 1.56. The van der Waals surface area contributed by atoms with Crippen LogP contribution in [0.5, 0.6) is 0 Å². The van der Waals surface area contributed by atoms with E-state index in [4.69, 9.17) is 0 Å². The molecule has 2 fully saturated rings. The van der Waals surface area contributed by atoms with Crippen molar-refractivity contribution in [2.24, 2.45) is 5.92 Å². The zero-order valence-electron chi connectivity index (χ0n) is 12.8. The molecule has 0 radical (unpaired) electrons. The van der Waals surface area contributed by atoms with Gasteiger partial charge in [-0.3, -0.25) is 4.90 Å². The van der Waals surface area contributed by atoms with Crippen LogP contribution in [0.1, 0.15) is 49.7 Å². The summed E-state index contributed by atoms with van der Waals surface area (Å²) in [5, 5.41) is 3.41. The lowest BCUT2D eigenvalue weighted by atomic mass is 9.79. The lowest BCUT2D eigenvalue weighted by Crippen LogP contribution is -2.42. The van der Waals surface area contributed by atoms with E-state index >= 15 is 0 Å². The fourth-order valence-corrected chi connectivity index (χ4v) is 3.62. The van der Waals surface area contributed by atoms with Gasteiger partial charge in [0.15, 0.2) is 0 Å². The smallest absolute Gasteiger partial charge is 0.0234 e. The first-order valence-corrected chi connectivity index (χ1v) is 8.33. The lowest BCUT2D eigenvalue weighted by Gasteiger charge is -2.28. The Bertz CT molecular complexity index is 398. The first-order valence-electron chi connectivity index (χ1n) is 8.33. The zero-order valence-corrected chi connectivity index (χ0v) is 12.8. The van der Waals surface area contributed by atoms with E-state index in [1.807, 2.05) is 0 Å². The summed E-state index contributed by atoms with van der Waals surface area (Å²) in [5.41, 5.74) is 3.04. The van der Waals surface area contributed by atoms with Crippen molar-refractivity contribution in [3.05, 3.63) is 35.4 Å². The molecule has 20 heavy (non-hydrogen) atoms. The third kappa shape index (κ3) is 3.62. The van der Waals surface area contributed by atoms with Crippen molar-refractivity contribution in [3.63, 3.8) is 0 Å². The molecule has 1 heterocycles. The number of rotatable bonds is 3. The fraction of sp³-hybridized carbons (Fsp3) is 0.667. The summed E-state index contributed by atoms with van der Waals surface area (Å²) in [6.07, 6.45) is 5.59. The topological polar surface area (TPSA) is 15.3 Å². The van der Waals surface area contributed by atoms with Crippen LogP contribution in [-0.4, -0.2) is 31.1 Å². The lowest BCUT2D eigenvalue weighted by molar-refractivity contribution is 0.233. The van der Waals surface area contributed by atoms with Gasteiger partial charge in [-0.15, -0.1) is 0 Å². The summed E-state index contributed by atoms with van der Waals surface area (Å²) in [4.78, 5) is 2.55. The first-order chi connectivity index (χ1) is 9.81. The second-order valence-corrected chi connectivity index (χ2v) is 6.72. The molecule has 1 aromatic rings. The Morgan fingerprint density at radius 3 is 2.30 bits per heavy atom. The van der Waals surface area contributed by atoms with Crippen LogP contribution in [0.4, 0.5) is 0 Å². The van der Waals surface area contributed by atoms with E-state index in [0.29, 0.717) is 0 Å². The van der Waals surface area contributed by atoms with Gasteiger partial charge < -0.3 is 5.32 Å². The summed E-state index contributed by atoms with van der Waals surface area (Å²) in [6, 6.07) is 9.49. The Kier molecular flexibility index (Phi) is 4.74. The highest BCUT2D eigenvalue weighted by Gasteiger charge is 2.19. The van der Waals surface area contributed by atoms with Crippen molar-refractivity contribution in [2.75, 3.05) is 26.2 Å². The molecular formula is C18H28N2. The predicted molar refractivity (Wildman–Crippen MR) is 85.0 cm³/mol. The molecule has 0 unspecified atom stereocenters. The molecule has 0 spiro atoms. The molecule has 0 aromatic heterocycles. The monoisotopic (exact) mass is 272 g/mol. The third-order valence-electron chi connectivity index (χ3n) is 5.08. The highest BCUT2D eigenvalue weighted by molar-refractivity contribution is 5.25. The Morgan fingerprint density at radius 2 is 1.65 bits per heavy atom. The van der Waals surface area contributed by atoms with Gasteiger partial charge in [0.2, 0.25) is 0 Å². The average molecular weight is 272 g/mol. The molecule has 0 bridgehead atoms. The third-order valence-corrected chi connectivity index (χ3v) is 5.08. The Labute approximate surface area is 123 Å². The van der Waals surface area contributed by atoms with Crippen LogP contribution in [0.25, 0.3) is 0 Å². The van der Waals surface area contributed by atoms with Crippen molar-refractivity contribution in [2.45, 2.75) is 45.1 Å². The van der Waals surface area contributed by atoms with Crippen LogP contribution in [0, 0.1) is 5.92 Å². The van der Waals surface area contributed by atoms with E-state index in [1.54, 1.807) is 5.56 Å². The number of nitrogens with zero attached hydrogens (tertiary/aromatic N) is 1. The van der Waals surface area contributed by atoms with Gasteiger partial charge >= 0.3 is 0 Å². The van der Waals surface area contributed by atoms with Crippen LogP contribution in [-0.2, 0) is 6.54 Å². The molecule has 0 amide bonds. The van der Waals surface area contributed by atoms with Gasteiger partial charge in [-0.1, -0.05) is 44.0 Å². The number of hydrogen-bond donors (Lipinski definition) is 1. The van der Waals surface area contributed by atoms with Gasteiger partial charge in [0.1, 0.15) is 0 Å². The van der Waals surface area contributed by atoms with Gasteiger partial charge in [-0.25, -0.2) is 0 Å². The molecule has 3 rings (SSSR count). The number of hydrogen-bond acceptors (Lipinski definition) is 2. The fourth-order valence-electron chi connectivity index (χ4n) is 3.62. The summed E-state index contributed by atoms with van der Waals surface area (Å²) in [6.45, 7) is 8.15. The van der Waals surface area contributed by atoms with E-state index in [2.05, 4.69) is 41.4 Å². The van der Waals surface area contributed by atoms with Crippen molar-refractivity contribution in [1.82, 2.24) is 10.2 Å². The van der Waals surface area contributed by atoms with E-state index < -0.39 is 0 Å². The maximum atomic E-state index is 3.41. The highest BCUT2D eigenvalue weighted by Crippen LogP contribution is 2.35. The van der Waals surface area contributed by atoms with Crippen LogP contribution in [0.2, 0.25) is 0 Å². The second-order valence-electron chi connectivity index (χ2n) is 6.72. The minimum atomic E-state index is 0.819. The van der Waals surface area contributed by atoms with E-state index in [9.17, 15) is 0 Å². The SMILES string of the molecule is CC1CCC(c2ccc(CN3CCNCC3)cc2)CC1. The largest absolute Gasteiger partial charge is 0.314 e. The molecule has 1 saturated heterocycles. The Morgan fingerprint density at radius 1 is 1.00 bits per heavy atom. The van der Waals surface area contributed by atoms with Crippen molar-refractivity contribution < 1.29 is 0 Å². The molecule has 1 aromatic carbocycles. The summed E-state index contributed by atoms with van der Waals surface area (Å²) in [5.74, 6) is 1.76. The first kappa shape index (κ1) is 14.1. The minimum absolute atomic E-state index is 0.819. The summed E-state index contributed by atoms with van der Waals surface area (Å²) >= 11 is 0. The minimum Gasteiger partial charge on any atom is -0.314 e. The molecule has 2 aliphatic rings. The van der Waals surface area contributed by atoms with Gasteiger partial charge in [-0.05, 0) is 35.8 Å². The van der Waals surface area contributed by atoms with Crippen molar-refractivity contribution in [1.29, 1.82) is 0 Å². The van der Waals surface area contributed by atoms with Crippen molar-refractivity contribution in [3.8, 4) is 0 Å². The molecular weight excluding hydrogens is 244 g/mol. The quantitative estimate of drug-likeness (QED) is 0.907. The molecule has 2 heteroatoms. The average Bonchev–Trinajstić information content (AvgIpc) is 2.50. The molecule has 0 atom stereocenters. The maximum absolute atomic E-state index is 3.41. The van der Waals surface area contributed by atoms with Gasteiger partial charge in [0.05, 0.1) is 0 Å².